The van der Waals surface area contributed by atoms with E-state index in [4.69, 9.17) is 17.3 Å². The Labute approximate surface area is 106 Å². The maximum absolute atomic E-state index is 12.0. The molecule has 0 saturated heterocycles. The van der Waals surface area contributed by atoms with Crippen LogP contribution in [0.2, 0.25) is 5.02 Å². The van der Waals surface area contributed by atoms with E-state index in [0.717, 1.165) is 0 Å². The van der Waals surface area contributed by atoms with Crippen LogP contribution in [-0.2, 0) is 0 Å². The summed E-state index contributed by atoms with van der Waals surface area (Å²) in [7, 11) is 0. The van der Waals surface area contributed by atoms with Gasteiger partial charge in [0.1, 0.15) is 0 Å². The third-order valence-electron chi connectivity index (χ3n) is 3.48. The van der Waals surface area contributed by atoms with Gasteiger partial charge in [0.2, 0.25) is 0 Å². The van der Waals surface area contributed by atoms with Crippen molar-refractivity contribution >= 4 is 23.2 Å². The summed E-state index contributed by atoms with van der Waals surface area (Å²) < 4.78 is 0. The average molecular weight is 253 g/mol. The smallest absolute Gasteiger partial charge is 0.251 e. The van der Waals surface area contributed by atoms with Crippen molar-refractivity contribution in [2.24, 2.45) is 5.92 Å². The third kappa shape index (κ3) is 2.72. The number of carbonyl (C=O) groups excluding carboxylic acids is 1. The van der Waals surface area contributed by atoms with Crippen molar-refractivity contribution < 1.29 is 4.79 Å². The number of benzene rings is 1. The lowest BCUT2D eigenvalue weighted by atomic mass is 9.80. The average Bonchev–Trinajstić information content (AvgIpc) is 2.19. The molecule has 0 heterocycles. The van der Waals surface area contributed by atoms with Gasteiger partial charge in [-0.3, -0.25) is 4.79 Å². The standard InChI is InChI=1S/C13H17ClN2O/c1-8(9-3-2-4-9)16-13(17)10-5-6-12(15)11(14)7-10/h5-9H,2-4,15H2,1H3,(H,16,17). The summed E-state index contributed by atoms with van der Waals surface area (Å²) in [6, 6.07) is 5.20. The fourth-order valence-electron chi connectivity index (χ4n) is 2.02. The Bertz CT molecular complexity index is 429. The maximum atomic E-state index is 12.0. The molecule has 3 nitrogen and oxygen atoms in total. The highest BCUT2D eigenvalue weighted by atomic mass is 35.5. The largest absolute Gasteiger partial charge is 0.398 e. The van der Waals surface area contributed by atoms with Crippen molar-refractivity contribution in [2.75, 3.05) is 5.73 Å². The molecule has 17 heavy (non-hydrogen) atoms. The Hall–Kier alpha value is -1.22. The van der Waals surface area contributed by atoms with Crippen molar-refractivity contribution in [3.8, 4) is 0 Å². The molecule has 1 atom stereocenters. The highest BCUT2D eigenvalue weighted by Crippen LogP contribution is 2.29. The van der Waals surface area contributed by atoms with Gasteiger partial charge in [-0.15, -0.1) is 0 Å². The molecule has 0 radical (unpaired) electrons. The Morgan fingerprint density at radius 2 is 2.24 bits per heavy atom. The van der Waals surface area contributed by atoms with Crippen molar-refractivity contribution in [2.45, 2.75) is 32.2 Å². The van der Waals surface area contributed by atoms with Crippen LogP contribution in [0.4, 0.5) is 5.69 Å². The van der Waals surface area contributed by atoms with Crippen LogP contribution < -0.4 is 11.1 Å². The van der Waals surface area contributed by atoms with Crippen LogP contribution in [0.3, 0.4) is 0 Å². The number of hydrogen-bond donors (Lipinski definition) is 2. The van der Waals surface area contributed by atoms with Crippen molar-refractivity contribution in [1.29, 1.82) is 0 Å². The molecule has 4 heteroatoms. The molecule has 1 fully saturated rings. The Morgan fingerprint density at radius 1 is 1.53 bits per heavy atom. The topological polar surface area (TPSA) is 55.1 Å². The van der Waals surface area contributed by atoms with E-state index in [0.29, 0.717) is 22.2 Å². The minimum absolute atomic E-state index is 0.0775. The van der Waals surface area contributed by atoms with E-state index in [1.165, 1.54) is 19.3 Å². The third-order valence-corrected chi connectivity index (χ3v) is 3.81. The van der Waals surface area contributed by atoms with Crippen molar-refractivity contribution in [1.82, 2.24) is 5.32 Å². The Morgan fingerprint density at radius 3 is 2.76 bits per heavy atom. The summed E-state index contributed by atoms with van der Waals surface area (Å²) in [6.45, 7) is 2.06. The van der Waals surface area contributed by atoms with Crippen LogP contribution in [-0.4, -0.2) is 11.9 Å². The number of nitrogens with one attached hydrogen (secondary N) is 1. The lowest BCUT2D eigenvalue weighted by molar-refractivity contribution is 0.0909. The van der Waals surface area contributed by atoms with Crippen molar-refractivity contribution in [3.63, 3.8) is 0 Å². The molecule has 3 N–H and O–H groups in total. The number of hydrogen-bond acceptors (Lipinski definition) is 2. The highest BCUT2D eigenvalue weighted by molar-refractivity contribution is 6.33. The number of nitrogens with two attached hydrogens (primary N) is 1. The van der Waals surface area contributed by atoms with E-state index in [9.17, 15) is 4.79 Å². The second-order valence-corrected chi connectivity index (χ2v) is 5.10. The predicted octanol–water partition coefficient (Wildman–Crippen LogP) is 2.84. The van der Waals surface area contributed by atoms with Gasteiger partial charge in [0.15, 0.2) is 0 Å². The van der Waals surface area contributed by atoms with Gasteiger partial charge in [0, 0.05) is 11.6 Å². The lowest BCUT2D eigenvalue weighted by Crippen LogP contribution is -2.40. The molecule has 1 aliphatic carbocycles. The van der Waals surface area contributed by atoms with Crippen LogP contribution >= 0.6 is 11.6 Å². The zero-order valence-corrected chi connectivity index (χ0v) is 10.6. The number of rotatable bonds is 3. The summed E-state index contributed by atoms with van der Waals surface area (Å²) >= 11 is 5.89. The van der Waals surface area contributed by atoms with E-state index in [1.807, 2.05) is 0 Å². The van der Waals surface area contributed by atoms with Crippen LogP contribution in [0.15, 0.2) is 18.2 Å². The molecular weight excluding hydrogens is 236 g/mol. The first kappa shape index (κ1) is 12.2. The molecule has 0 aliphatic heterocycles. The minimum Gasteiger partial charge on any atom is -0.398 e. The second-order valence-electron chi connectivity index (χ2n) is 4.69. The quantitative estimate of drug-likeness (QED) is 0.813. The summed E-state index contributed by atoms with van der Waals surface area (Å²) in [6.07, 6.45) is 3.70. The summed E-state index contributed by atoms with van der Waals surface area (Å²) in [5.74, 6) is 0.550. The number of anilines is 1. The minimum atomic E-state index is -0.0775. The number of amides is 1. The molecule has 0 bridgehead atoms. The molecule has 1 amide bonds. The van der Waals surface area contributed by atoms with E-state index in [1.54, 1.807) is 18.2 Å². The predicted molar refractivity (Wildman–Crippen MR) is 70.1 cm³/mol. The first-order valence-corrected chi connectivity index (χ1v) is 6.31. The fraction of sp³-hybridized carbons (Fsp3) is 0.462. The van der Waals surface area contributed by atoms with E-state index in [2.05, 4.69) is 12.2 Å². The van der Waals surface area contributed by atoms with Crippen molar-refractivity contribution in [3.05, 3.63) is 28.8 Å². The summed E-state index contributed by atoms with van der Waals surface area (Å²) in [4.78, 5) is 12.0. The zero-order valence-electron chi connectivity index (χ0n) is 9.87. The number of nitrogen functional groups attached to an aromatic ring is 1. The lowest BCUT2D eigenvalue weighted by Gasteiger charge is -2.31. The van der Waals surface area contributed by atoms with Crippen LogP contribution in [0.5, 0.6) is 0 Å². The highest BCUT2D eigenvalue weighted by Gasteiger charge is 2.25. The molecule has 0 spiro atoms. The molecule has 1 unspecified atom stereocenters. The molecule has 1 aliphatic rings. The molecule has 1 aromatic rings. The van der Waals surface area contributed by atoms with Gasteiger partial charge >= 0.3 is 0 Å². The van der Waals surface area contributed by atoms with E-state index in [-0.39, 0.29) is 11.9 Å². The molecule has 92 valence electrons. The maximum Gasteiger partial charge on any atom is 0.251 e. The fourth-order valence-corrected chi connectivity index (χ4v) is 2.20. The normalized spacial score (nSPS) is 17.3. The molecular formula is C13H17ClN2O. The summed E-state index contributed by atoms with van der Waals surface area (Å²) in [5, 5.41) is 3.43. The number of halogens is 1. The van der Waals surface area contributed by atoms with Gasteiger partial charge in [-0.2, -0.15) is 0 Å². The SMILES string of the molecule is CC(NC(=O)c1ccc(N)c(Cl)c1)C1CCC1. The van der Waals surface area contributed by atoms with Crippen LogP contribution in [0.1, 0.15) is 36.5 Å². The van der Waals surface area contributed by atoms with Gasteiger partial charge in [-0.25, -0.2) is 0 Å². The molecule has 1 aromatic carbocycles. The first-order chi connectivity index (χ1) is 8.08. The zero-order chi connectivity index (χ0) is 12.4. The Balaban J connectivity index is 2.01. The van der Waals surface area contributed by atoms with Gasteiger partial charge in [0.25, 0.3) is 5.91 Å². The van der Waals surface area contributed by atoms with Gasteiger partial charge in [0.05, 0.1) is 10.7 Å². The van der Waals surface area contributed by atoms with Gasteiger partial charge in [-0.1, -0.05) is 18.0 Å². The summed E-state index contributed by atoms with van der Waals surface area (Å²) in [5.41, 5.74) is 6.67. The first-order valence-electron chi connectivity index (χ1n) is 5.94. The van der Waals surface area contributed by atoms with E-state index >= 15 is 0 Å². The van der Waals surface area contributed by atoms with E-state index < -0.39 is 0 Å². The van der Waals surface area contributed by atoms with Crippen LogP contribution in [0, 0.1) is 5.92 Å². The Kier molecular flexibility index (Phi) is 3.57. The van der Waals surface area contributed by atoms with Gasteiger partial charge < -0.3 is 11.1 Å². The molecule has 0 aromatic heterocycles. The molecule has 2 rings (SSSR count). The van der Waals surface area contributed by atoms with Crippen LogP contribution in [0.25, 0.3) is 0 Å². The number of carbonyl (C=O) groups is 1. The molecule has 1 saturated carbocycles. The monoisotopic (exact) mass is 252 g/mol. The van der Waals surface area contributed by atoms with Gasteiger partial charge in [-0.05, 0) is 43.9 Å². The second kappa shape index (κ2) is 4.96.